The van der Waals surface area contributed by atoms with E-state index >= 15 is 0 Å². The Balaban J connectivity index is 2.01. The molecule has 1 aromatic heterocycles. The number of hydrogen-bond acceptors (Lipinski definition) is 6. The van der Waals surface area contributed by atoms with E-state index in [1.54, 1.807) is 0 Å². The summed E-state index contributed by atoms with van der Waals surface area (Å²) in [6.45, 7) is 0. The Bertz CT molecular complexity index is 984. The molecule has 0 bridgehead atoms. The van der Waals surface area contributed by atoms with Gasteiger partial charge in [0.1, 0.15) is 23.8 Å². The maximum atomic E-state index is 13.8. The number of rotatable bonds is 5. The van der Waals surface area contributed by atoms with Gasteiger partial charge < -0.3 is 10.6 Å². The SMILES string of the molecule is O=[N+]([O-])c1c(Nc2ccccc2F)ncnc1Nc1ccc(F)cc1F. The zero-order valence-electron chi connectivity index (χ0n) is 12.9. The van der Waals surface area contributed by atoms with Crippen LogP contribution in [0.3, 0.4) is 0 Å². The molecule has 3 rings (SSSR count). The molecule has 3 aromatic rings. The van der Waals surface area contributed by atoms with Gasteiger partial charge in [-0.3, -0.25) is 10.1 Å². The lowest BCUT2D eigenvalue weighted by Crippen LogP contribution is -2.06. The quantitative estimate of drug-likeness (QED) is 0.520. The minimum atomic E-state index is -0.957. The Labute approximate surface area is 144 Å². The van der Waals surface area contributed by atoms with E-state index in [0.29, 0.717) is 6.07 Å². The van der Waals surface area contributed by atoms with Crippen LogP contribution in [-0.2, 0) is 0 Å². The first kappa shape index (κ1) is 17.1. The summed E-state index contributed by atoms with van der Waals surface area (Å²) in [5.41, 5.74) is -0.877. The summed E-state index contributed by atoms with van der Waals surface area (Å²) >= 11 is 0. The number of anilines is 4. The van der Waals surface area contributed by atoms with Crippen molar-refractivity contribution in [1.82, 2.24) is 9.97 Å². The molecule has 0 saturated heterocycles. The van der Waals surface area contributed by atoms with E-state index in [-0.39, 0.29) is 23.0 Å². The molecule has 0 spiro atoms. The molecule has 0 radical (unpaired) electrons. The summed E-state index contributed by atoms with van der Waals surface area (Å²) in [7, 11) is 0. The van der Waals surface area contributed by atoms with Crippen LogP contribution in [0.1, 0.15) is 0 Å². The third kappa shape index (κ3) is 3.53. The molecule has 26 heavy (non-hydrogen) atoms. The van der Waals surface area contributed by atoms with Gasteiger partial charge in [-0.15, -0.1) is 0 Å². The van der Waals surface area contributed by atoms with Crippen molar-refractivity contribution in [2.24, 2.45) is 0 Å². The molecule has 2 aromatic carbocycles. The van der Waals surface area contributed by atoms with Crippen molar-refractivity contribution in [2.75, 3.05) is 10.6 Å². The summed E-state index contributed by atoms with van der Waals surface area (Å²) in [5.74, 6) is -3.03. The second-order valence-corrected chi connectivity index (χ2v) is 5.03. The smallest absolute Gasteiger partial charge is 0.332 e. The summed E-state index contributed by atoms with van der Waals surface area (Å²) in [6, 6.07) is 8.20. The van der Waals surface area contributed by atoms with Crippen molar-refractivity contribution in [3.05, 3.63) is 76.4 Å². The summed E-state index contributed by atoms with van der Waals surface area (Å²) < 4.78 is 40.5. The number of hydrogen-bond donors (Lipinski definition) is 2. The van der Waals surface area contributed by atoms with Crippen LogP contribution in [0.15, 0.2) is 48.8 Å². The van der Waals surface area contributed by atoms with Gasteiger partial charge in [-0.2, -0.15) is 0 Å². The van der Waals surface area contributed by atoms with Gasteiger partial charge in [-0.1, -0.05) is 12.1 Å². The average Bonchev–Trinajstić information content (AvgIpc) is 2.59. The minimum Gasteiger partial charge on any atom is -0.332 e. The van der Waals surface area contributed by atoms with Gasteiger partial charge in [0.05, 0.1) is 16.3 Å². The first-order valence-electron chi connectivity index (χ1n) is 7.18. The molecule has 132 valence electrons. The van der Waals surface area contributed by atoms with E-state index in [0.717, 1.165) is 18.5 Å². The van der Waals surface area contributed by atoms with E-state index in [1.165, 1.54) is 24.3 Å². The average molecular weight is 361 g/mol. The molecule has 0 aliphatic carbocycles. The summed E-state index contributed by atoms with van der Waals surface area (Å²) in [6.07, 6.45) is 0.986. The van der Waals surface area contributed by atoms with Crippen LogP contribution in [0, 0.1) is 27.6 Å². The topological polar surface area (TPSA) is 93.0 Å². The Morgan fingerprint density at radius 2 is 1.50 bits per heavy atom. The Morgan fingerprint density at radius 1 is 0.885 bits per heavy atom. The maximum Gasteiger partial charge on any atom is 0.353 e. The molecule has 1 heterocycles. The molecular weight excluding hydrogens is 351 g/mol. The first-order valence-corrected chi connectivity index (χ1v) is 7.18. The van der Waals surface area contributed by atoms with E-state index in [2.05, 4.69) is 20.6 Å². The molecule has 0 atom stereocenters. The highest BCUT2D eigenvalue weighted by atomic mass is 19.1. The number of nitro groups is 1. The maximum absolute atomic E-state index is 13.8. The zero-order valence-corrected chi connectivity index (χ0v) is 12.9. The van der Waals surface area contributed by atoms with Gasteiger partial charge in [0, 0.05) is 6.07 Å². The van der Waals surface area contributed by atoms with E-state index in [1.807, 2.05) is 0 Å². The van der Waals surface area contributed by atoms with E-state index < -0.39 is 28.1 Å². The third-order valence-electron chi connectivity index (χ3n) is 3.32. The third-order valence-corrected chi connectivity index (χ3v) is 3.32. The number of nitrogens with zero attached hydrogens (tertiary/aromatic N) is 3. The summed E-state index contributed by atoms with van der Waals surface area (Å²) in [5, 5.41) is 16.4. The van der Waals surface area contributed by atoms with Crippen molar-refractivity contribution in [3.63, 3.8) is 0 Å². The van der Waals surface area contributed by atoms with Crippen molar-refractivity contribution in [3.8, 4) is 0 Å². The second-order valence-electron chi connectivity index (χ2n) is 5.03. The minimum absolute atomic E-state index is 0.0341. The van der Waals surface area contributed by atoms with Crippen molar-refractivity contribution < 1.29 is 18.1 Å². The molecular formula is C16H10F3N5O2. The predicted octanol–water partition coefficient (Wildman–Crippen LogP) is 4.29. The molecule has 0 aliphatic rings. The van der Waals surface area contributed by atoms with Crippen molar-refractivity contribution in [1.29, 1.82) is 0 Å². The monoisotopic (exact) mass is 361 g/mol. The lowest BCUT2D eigenvalue weighted by Gasteiger charge is -2.11. The standard InChI is InChI=1S/C16H10F3N5O2/c17-9-5-6-13(11(19)7-9)23-16-14(24(25)26)15(20-8-21-16)22-12-4-2-1-3-10(12)18/h1-8H,(H2,20,21,22,23). The van der Waals surface area contributed by atoms with Crippen LogP contribution in [0.25, 0.3) is 0 Å². The fourth-order valence-corrected chi connectivity index (χ4v) is 2.14. The van der Waals surface area contributed by atoms with Crippen LogP contribution in [-0.4, -0.2) is 14.9 Å². The van der Waals surface area contributed by atoms with Gasteiger partial charge in [-0.25, -0.2) is 23.1 Å². The van der Waals surface area contributed by atoms with Crippen LogP contribution >= 0.6 is 0 Å². The molecule has 0 saturated carbocycles. The molecule has 0 amide bonds. The first-order chi connectivity index (χ1) is 12.5. The zero-order chi connectivity index (χ0) is 18.7. The number of halogens is 3. The van der Waals surface area contributed by atoms with Crippen molar-refractivity contribution >= 4 is 28.7 Å². The molecule has 0 aliphatic heterocycles. The van der Waals surface area contributed by atoms with E-state index in [9.17, 15) is 23.3 Å². The predicted molar refractivity (Wildman–Crippen MR) is 88.0 cm³/mol. The lowest BCUT2D eigenvalue weighted by atomic mass is 10.2. The Hall–Kier alpha value is -3.69. The fourth-order valence-electron chi connectivity index (χ4n) is 2.14. The lowest BCUT2D eigenvalue weighted by molar-refractivity contribution is -0.383. The van der Waals surface area contributed by atoms with Crippen LogP contribution in [0.2, 0.25) is 0 Å². The molecule has 0 unspecified atom stereocenters. The van der Waals surface area contributed by atoms with Gasteiger partial charge in [-0.05, 0) is 24.3 Å². The normalized spacial score (nSPS) is 10.4. The highest BCUT2D eigenvalue weighted by molar-refractivity contribution is 5.76. The largest absolute Gasteiger partial charge is 0.353 e. The molecule has 10 heteroatoms. The van der Waals surface area contributed by atoms with Gasteiger partial charge in [0.15, 0.2) is 0 Å². The van der Waals surface area contributed by atoms with Crippen LogP contribution in [0.4, 0.5) is 41.9 Å². The van der Waals surface area contributed by atoms with Crippen molar-refractivity contribution in [2.45, 2.75) is 0 Å². The molecule has 0 fully saturated rings. The number of para-hydroxylation sites is 1. The fraction of sp³-hybridized carbons (Fsp3) is 0. The highest BCUT2D eigenvalue weighted by Crippen LogP contribution is 2.34. The van der Waals surface area contributed by atoms with E-state index in [4.69, 9.17) is 0 Å². The van der Waals surface area contributed by atoms with Crippen LogP contribution < -0.4 is 10.6 Å². The Morgan fingerprint density at radius 3 is 2.08 bits per heavy atom. The van der Waals surface area contributed by atoms with Gasteiger partial charge in [0.2, 0.25) is 11.6 Å². The number of benzene rings is 2. The molecule has 2 N–H and O–H groups in total. The number of aromatic nitrogens is 2. The van der Waals surface area contributed by atoms with Crippen LogP contribution in [0.5, 0.6) is 0 Å². The summed E-state index contributed by atoms with van der Waals surface area (Å²) in [4.78, 5) is 18.1. The highest BCUT2D eigenvalue weighted by Gasteiger charge is 2.24. The van der Waals surface area contributed by atoms with Gasteiger partial charge >= 0.3 is 5.69 Å². The Kier molecular flexibility index (Phi) is 4.65. The van der Waals surface area contributed by atoms with Gasteiger partial charge in [0.25, 0.3) is 0 Å². The number of nitrogens with one attached hydrogen (secondary N) is 2. The molecule has 7 nitrogen and oxygen atoms in total. The second kappa shape index (κ2) is 7.05.